The monoisotopic (exact) mass is 306 g/mol. The zero-order chi connectivity index (χ0) is 15.0. The summed E-state index contributed by atoms with van der Waals surface area (Å²) in [6, 6.07) is 3.89. The van der Waals surface area contributed by atoms with Crippen molar-refractivity contribution in [1.29, 1.82) is 0 Å². The topological polar surface area (TPSA) is 85.3 Å². The molecule has 21 heavy (non-hydrogen) atoms. The number of benzene rings is 1. The molecule has 1 aliphatic heterocycles. The minimum Gasteiger partial charge on any atom is -0.361 e. The number of hydrogen-bond donors (Lipinski definition) is 1. The van der Waals surface area contributed by atoms with E-state index >= 15 is 0 Å². The first kappa shape index (κ1) is 14.2. The highest BCUT2D eigenvalue weighted by atomic mass is 32.1. The molecule has 1 saturated heterocycles. The van der Waals surface area contributed by atoms with Crippen molar-refractivity contribution in [3.05, 3.63) is 27.8 Å². The molecule has 3 rings (SSSR count). The average molecular weight is 306 g/mol. The van der Waals surface area contributed by atoms with Gasteiger partial charge in [0.2, 0.25) is 0 Å². The van der Waals surface area contributed by atoms with Gasteiger partial charge in [0.25, 0.3) is 0 Å². The van der Waals surface area contributed by atoms with Crippen LogP contribution >= 0.6 is 11.3 Å². The first-order valence-corrected chi connectivity index (χ1v) is 8.00. The average Bonchev–Trinajstić information content (AvgIpc) is 2.94. The van der Waals surface area contributed by atoms with Gasteiger partial charge in [-0.1, -0.05) is 0 Å². The highest BCUT2D eigenvalue weighted by molar-refractivity contribution is 7.16. The van der Waals surface area contributed by atoms with Crippen LogP contribution in [0, 0.1) is 10.1 Å². The number of aromatic nitrogens is 1. The van der Waals surface area contributed by atoms with Gasteiger partial charge in [0.1, 0.15) is 5.69 Å². The van der Waals surface area contributed by atoms with E-state index in [1.54, 1.807) is 5.51 Å². The predicted octanol–water partition coefficient (Wildman–Crippen LogP) is 2.91. The van der Waals surface area contributed by atoms with Crippen molar-refractivity contribution in [2.45, 2.75) is 38.3 Å². The summed E-state index contributed by atoms with van der Waals surface area (Å²) in [5.74, 6) is 0. The van der Waals surface area contributed by atoms with Crippen molar-refractivity contribution in [2.24, 2.45) is 5.73 Å². The first-order chi connectivity index (χ1) is 10.1. The molecule has 0 saturated carbocycles. The summed E-state index contributed by atoms with van der Waals surface area (Å²) in [6.07, 6.45) is 3.13. The van der Waals surface area contributed by atoms with Crippen LogP contribution in [0.2, 0.25) is 0 Å². The number of thiazole rings is 1. The van der Waals surface area contributed by atoms with E-state index in [9.17, 15) is 10.1 Å². The molecule has 1 aromatic heterocycles. The number of anilines is 1. The predicted molar refractivity (Wildman–Crippen MR) is 84.9 cm³/mol. The van der Waals surface area contributed by atoms with Gasteiger partial charge >= 0.3 is 5.69 Å². The van der Waals surface area contributed by atoms with E-state index in [4.69, 9.17) is 5.73 Å². The lowest BCUT2D eigenvalue weighted by Crippen LogP contribution is -2.49. The molecule has 2 unspecified atom stereocenters. The molecule has 0 bridgehead atoms. The molecule has 0 aliphatic carbocycles. The molecule has 6 nitrogen and oxygen atoms in total. The van der Waals surface area contributed by atoms with Gasteiger partial charge in [0.15, 0.2) is 5.52 Å². The second-order valence-electron chi connectivity index (χ2n) is 5.51. The molecule has 0 amide bonds. The first-order valence-electron chi connectivity index (χ1n) is 7.12. The third kappa shape index (κ3) is 2.47. The molecule has 1 aliphatic rings. The fourth-order valence-corrected chi connectivity index (χ4v) is 3.80. The fourth-order valence-electron chi connectivity index (χ4n) is 3.12. The lowest BCUT2D eigenvalue weighted by Gasteiger charge is -2.39. The minimum absolute atomic E-state index is 0.0176. The van der Waals surface area contributed by atoms with Crippen LogP contribution in [0.4, 0.5) is 11.4 Å². The highest BCUT2D eigenvalue weighted by Crippen LogP contribution is 2.39. The molecule has 1 fully saturated rings. The Kier molecular flexibility index (Phi) is 3.77. The van der Waals surface area contributed by atoms with Gasteiger partial charge in [0.05, 0.1) is 15.1 Å². The molecule has 2 heterocycles. The van der Waals surface area contributed by atoms with E-state index in [1.807, 2.05) is 19.1 Å². The smallest absolute Gasteiger partial charge is 0.319 e. The van der Waals surface area contributed by atoms with Crippen LogP contribution in [-0.2, 0) is 0 Å². The van der Waals surface area contributed by atoms with Crippen molar-refractivity contribution in [3.63, 3.8) is 0 Å². The number of nitro groups is 1. The summed E-state index contributed by atoms with van der Waals surface area (Å²) < 4.78 is 0.847. The number of rotatable bonds is 3. The summed E-state index contributed by atoms with van der Waals surface area (Å²) in [5.41, 5.74) is 8.99. The summed E-state index contributed by atoms with van der Waals surface area (Å²) in [4.78, 5) is 17.5. The number of fused-ring (bicyclic) bond motifs is 1. The van der Waals surface area contributed by atoms with Crippen molar-refractivity contribution < 1.29 is 4.92 Å². The van der Waals surface area contributed by atoms with Gasteiger partial charge in [-0.3, -0.25) is 10.1 Å². The van der Waals surface area contributed by atoms with Crippen LogP contribution in [0.15, 0.2) is 17.6 Å². The molecule has 0 radical (unpaired) electrons. The lowest BCUT2D eigenvalue weighted by atomic mass is 9.96. The SMILES string of the molecule is CC(N)C1CCCCN1c1ccc2scnc2c1[N+](=O)[O-]. The van der Waals surface area contributed by atoms with Crippen molar-refractivity contribution in [3.8, 4) is 0 Å². The Morgan fingerprint density at radius 1 is 1.52 bits per heavy atom. The summed E-state index contributed by atoms with van der Waals surface area (Å²) in [6.45, 7) is 2.78. The number of piperidine rings is 1. The van der Waals surface area contributed by atoms with E-state index < -0.39 is 0 Å². The molecular weight excluding hydrogens is 288 g/mol. The van der Waals surface area contributed by atoms with E-state index in [0.717, 1.165) is 30.5 Å². The third-order valence-corrected chi connectivity index (χ3v) is 4.90. The summed E-state index contributed by atoms with van der Waals surface area (Å²) in [7, 11) is 0. The second-order valence-corrected chi connectivity index (χ2v) is 6.39. The Bertz CT molecular complexity index is 670. The van der Waals surface area contributed by atoms with E-state index in [-0.39, 0.29) is 22.7 Å². The van der Waals surface area contributed by atoms with Crippen LogP contribution < -0.4 is 10.6 Å². The Morgan fingerprint density at radius 3 is 3.05 bits per heavy atom. The van der Waals surface area contributed by atoms with Gasteiger partial charge in [-0.05, 0) is 38.3 Å². The van der Waals surface area contributed by atoms with Crippen LogP contribution in [0.25, 0.3) is 10.2 Å². The zero-order valence-corrected chi connectivity index (χ0v) is 12.7. The largest absolute Gasteiger partial charge is 0.361 e. The molecular formula is C14H18N4O2S. The maximum atomic E-state index is 11.6. The van der Waals surface area contributed by atoms with Gasteiger partial charge in [-0.2, -0.15) is 0 Å². The van der Waals surface area contributed by atoms with Crippen LogP contribution in [0.5, 0.6) is 0 Å². The fraction of sp³-hybridized carbons (Fsp3) is 0.500. The second kappa shape index (κ2) is 5.57. The molecule has 2 N–H and O–H groups in total. The molecule has 1 aromatic carbocycles. The number of nitrogens with two attached hydrogens (primary N) is 1. The van der Waals surface area contributed by atoms with Crippen LogP contribution in [0.3, 0.4) is 0 Å². The number of nitrogens with zero attached hydrogens (tertiary/aromatic N) is 3. The van der Waals surface area contributed by atoms with Crippen molar-refractivity contribution in [2.75, 3.05) is 11.4 Å². The summed E-state index contributed by atoms with van der Waals surface area (Å²) in [5, 5.41) is 11.6. The van der Waals surface area contributed by atoms with Crippen molar-refractivity contribution in [1.82, 2.24) is 4.98 Å². The van der Waals surface area contributed by atoms with E-state index in [0.29, 0.717) is 11.2 Å². The molecule has 0 spiro atoms. The van der Waals surface area contributed by atoms with Gasteiger partial charge in [-0.15, -0.1) is 11.3 Å². The highest BCUT2D eigenvalue weighted by Gasteiger charge is 2.32. The quantitative estimate of drug-likeness (QED) is 0.696. The molecule has 2 atom stereocenters. The number of nitro benzene ring substituents is 1. The normalized spacial score (nSPS) is 20.7. The van der Waals surface area contributed by atoms with Gasteiger partial charge in [0, 0.05) is 18.6 Å². The maximum Gasteiger partial charge on any atom is 0.319 e. The Morgan fingerprint density at radius 2 is 2.33 bits per heavy atom. The van der Waals surface area contributed by atoms with Crippen LogP contribution in [0.1, 0.15) is 26.2 Å². The standard InChI is InChI=1S/C14H18N4O2S/c1-9(15)10-4-2-3-7-17(10)11-5-6-12-13(16-8-21-12)14(11)18(19)20/h5-6,8-10H,2-4,7,15H2,1H3. The van der Waals surface area contributed by atoms with E-state index in [2.05, 4.69) is 9.88 Å². The Hall–Kier alpha value is -1.73. The van der Waals surface area contributed by atoms with Gasteiger partial charge < -0.3 is 10.6 Å². The van der Waals surface area contributed by atoms with Gasteiger partial charge in [-0.25, -0.2) is 4.98 Å². The Balaban J connectivity index is 2.14. The Labute approximate surface area is 126 Å². The zero-order valence-electron chi connectivity index (χ0n) is 11.9. The van der Waals surface area contributed by atoms with Crippen LogP contribution in [-0.4, -0.2) is 28.5 Å². The minimum atomic E-state index is -0.315. The summed E-state index contributed by atoms with van der Waals surface area (Å²) >= 11 is 1.42. The van der Waals surface area contributed by atoms with Crippen molar-refractivity contribution >= 4 is 32.9 Å². The maximum absolute atomic E-state index is 11.6. The lowest BCUT2D eigenvalue weighted by molar-refractivity contribution is -0.382. The third-order valence-electron chi connectivity index (χ3n) is 4.10. The molecule has 7 heteroatoms. The number of hydrogen-bond acceptors (Lipinski definition) is 6. The molecule has 2 aromatic rings. The van der Waals surface area contributed by atoms with E-state index in [1.165, 1.54) is 11.3 Å². The molecule has 112 valence electrons.